The number of hydrogen-bond donors (Lipinski definition) is 0. The Morgan fingerprint density at radius 2 is 2.07 bits per heavy atom. The monoisotopic (exact) mass is 417 g/mol. The molecule has 8 heteroatoms. The van der Waals surface area contributed by atoms with Crippen LogP contribution in [0.2, 0.25) is 0 Å². The molecule has 3 aliphatic rings. The van der Waals surface area contributed by atoms with E-state index in [9.17, 15) is 4.79 Å². The summed E-state index contributed by atoms with van der Waals surface area (Å²) < 4.78 is 11.8. The molecule has 0 aliphatic carbocycles. The van der Waals surface area contributed by atoms with Crippen LogP contribution in [0.25, 0.3) is 0 Å². The molecular formula is C22H35N5O3. The highest BCUT2D eigenvalue weighted by atomic mass is 16.5. The fourth-order valence-electron chi connectivity index (χ4n) is 4.98. The Labute approximate surface area is 179 Å². The van der Waals surface area contributed by atoms with Gasteiger partial charge < -0.3 is 24.2 Å². The summed E-state index contributed by atoms with van der Waals surface area (Å²) in [6.45, 7) is 9.33. The van der Waals surface area contributed by atoms with E-state index in [1.165, 1.54) is 0 Å². The van der Waals surface area contributed by atoms with Gasteiger partial charge in [0.05, 0.1) is 36.5 Å². The molecule has 30 heavy (non-hydrogen) atoms. The van der Waals surface area contributed by atoms with Crippen LogP contribution in [0.15, 0.2) is 6.20 Å². The first-order valence-corrected chi connectivity index (χ1v) is 11.1. The molecule has 1 amide bonds. The van der Waals surface area contributed by atoms with E-state index in [4.69, 9.17) is 14.5 Å². The number of nitrogens with zero attached hydrogens (tertiary/aromatic N) is 5. The van der Waals surface area contributed by atoms with Crippen LogP contribution in [0.4, 0.5) is 5.95 Å². The Hall–Kier alpha value is -1.77. The van der Waals surface area contributed by atoms with Crippen molar-refractivity contribution in [2.75, 3.05) is 58.3 Å². The molecule has 0 saturated carbocycles. The highest BCUT2D eigenvalue weighted by Crippen LogP contribution is 2.39. The fourth-order valence-corrected chi connectivity index (χ4v) is 4.98. The molecule has 4 rings (SSSR count). The van der Waals surface area contributed by atoms with Crippen LogP contribution >= 0.6 is 0 Å². The predicted octanol–water partition coefficient (Wildman–Crippen LogP) is 1.43. The molecule has 1 aromatic rings. The zero-order chi connectivity index (χ0) is 21.3. The molecule has 0 radical (unpaired) electrons. The van der Waals surface area contributed by atoms with Crippen LogP contribution in [0.1, 0.15) is 44.4 Å². The van der Waals surface area contributed by atoms with Crippen LogP contribution in [-0.4, -0.2) is 91.3 Å². The SMILES string of the molecule is C[C@@H]1CN(c2ncc3c(n2)[C@]2(CCN(C(=O)CCCN(C)C)C2)COC3)C[C@@H](C)O1. The number of carbonyl (C=O) groups excluding carboxylic acids is 1. The summed E-state index contributed by atoms with van der Waals surface area (Å²) in [7, 11) is 4.08. The number of carbonyl (C=O) groups is 1. The maximum absolute atomic E-state index is 12.8. The number of amides is 1. The molecule has 0 aromatic carbocycles. The first-order valence-electron chi connectivity index (χ1n) is 11.1. The molecule has 3 aliphatic heterocycles. The minimum atomic E-state index is -0.216. The van der Waals surface area contributed by atoms with Gasteiger partial charge in [0.1, 0.15) is 0 Å². The van der Waals surface area contributed by atoms with Crippen molar-refractivity contribution in [2.45, 2.75) is 57.3 Å². The van der Waals surface area contributed by atoms with Gasteiger partial charge in [-0.05, 0) is 47.3 Å². The van der Waals surface area contributed by atoms with Crippen molar-refractivity contribution >= 4 is 11.9 Å². The number of aromatic nitrogens is 2. The molecule has 3 atom stereocenters. The molecule has 2 saturated heterocycles. The van der Waals surface area contributed by atoms with E-state index in [2.05, 4.69) is 28.6 Å². The number of morpholine rings is 1. The third kappa shape index (κ3) is 4.45. The Morgan fingerprint density at radius 1 is 1.30 bits per heavy atom. The van der Waals surface area contributed by atoms with Crippen molar-refractivity contribution in [3.8, 4) is 0 Å². The summed E-state index contributed by atoms with van der Waals surface area (Å²) in [5.74, 6) is 1.01. The number of anilines is 1. The number of fused-ring (bicyclic) bond motifs is 2. The van der Waals surface area contributed by atoms with Gasteiger partial charge in [0, 0.05) is 44.4 Å². The van der Waals surface area contributed by atoms with Crippen LogP contribution in [0, 0.1) is 0 Å². The second-order valence-corrected chi connectivity index (χ2v) is 9.45. The normalized spacial score (nSPS) is 29.0. The second-order valence-electron chi connectivity index (χ2n) is 9.45. The first kappa shape index (κ1) is 21.5. The van der Waals surface area contributed by atoms with E-state index < -0.39 is 0 Å². The van der Waals surface area contributed by atoms with E-state index in [0.29, 0.717) is 26.2 Å². The van der Waals surface area contributed by atoms with Gasteiger partial charge in [-0.25, -0.2) is 9.97 Å². The van der Waals surface area contributed by atoms with Gasteiger partial charge in [-0.1, -0.05) is 0 Å². The Bertz CT molecular complexity index is 763. The van der Waals surface area contributed by atoms with Gasteiger partial charge in [0.15, 0.2) is 0 Å². The van der Waals surface area contributed by atoms with Crippen molar-refractivity contribution in [2.24, 2.45) is 0 Å². The van der Waals surface area contributed by atoms with Gasteiger partial charge >= 0.3 is 0 Å². The van der Waals surface area contributed by atoms with Gasteiger partial charge in [0.2, 0.25) is 11.9 Å². The van der Waals surface area contributed by atoms with Crippen molar-refractivity contribution in [3.05, 3.63) is 17.5 Å². The molecule has 0 unspecified atom stereocenters. The smallest absolute Gasteiger partial charge is 0.225 e. The Balaban J connectivity index is 1.51. The lowest BCUT2D eigenvalue weighted by atomic mass is 9.80. The largest absolute Gasteiger partial charge is 0.376 e. The molecule has 2 fully saturated rings. The van der Waals surface area contributed by atoms with Crippen LogP contribution in [0.3, 0.4) is 0 Å². The second kappa shape index (κ2) is 8.77. The summed E-state index contributed by atoms with van der Waals surface area (Å²) in [4.78, 5) is 28.8. The van der Waals surface area contributed by atoms with Gasteiger partial charge in [-0.2, -0.15) is 0 Å². The van der Waals surface area contributed by atoms with Crippen molar-refractivity contribution in [3.63, 3.8) is 0 Å². The Morgan fingerprint density at radius 3 is 2.80 bits per heavy atom. The molecule has 166 valence electrons. The van der Waals surface area contributed by atoms with E-state index in [-0.39, 0.29) is 23.5 Å². The third-order valence-electron chi connectivity index (χ3n) is 6.40. The molecule has 0 N–H and O–H groups in total. The van der Waals surface area contributed by atoms with Gasteiger partial charge in [-0.3, -0.25) is 4.79 Å². The molecule has 1 aromatic heterocycles. The van der Waals surface area contributed by atoms with Crippen molar-refractivity contribution < 1.29 is 14.3 Å². The lowest BCUT2D eigenvalue weighted by Gasteiger charge is -2.38. The average molecular weight is 418 g/mol. The van der Waals surface area contributed by atoms with E-state index in [1.807, 2.05) is 25.2 Å². The zero-order valence-electron chi connectivity index (χ0n) is 18.8. The van der Waals surface area contributed by atoms with Gasteiger partial charge in [-0.15, -0.1) is 0 Å². The summed E-state index contributed by atoms with van der Waals surface area (Å²) in [5, 5.41) is 0. The third-order valence-corrected chi connectivity index (χ3v) is 6.40. The lowest BCUT2D eigenvalue weighted by Crippen LogP contribution is -2.47. The van der Waals surface area contributed by atoms with Gasteiger partial charge in [0.25, 0.3) is 0 Å². The summed E-state index contributed by atoms with van der Waals surface area (Å²) in [6.07, 6.45) is 4.62. The average Bonchev–Trinajstić information content (AvgIpc) is 3.12. The first-order chi connectivity index (χ1) is 14.4. The number of hydrogen-bond acceptors (Lipinski definition) is 7. The Kier molecular flexibility index (Phi) is 6.27. The van der Waals surface area contributed by atoms with E-state index in [0.717, 1.165) is 56.2 Å². The van der Waals surface area contributed by atoms with E-state index >= 15 is 0 Å². The number of rotatable bonds is 5. The molecule has 1 spiro atoms. The molecule has 0 bridgehead atoms. The van der Waals surface area contributed by atoms with E-state index in [1.54, 1.807) is 0 Å². The molecule has 8 nitrogen and oxygen atoms in total. The quantitative estimate of drug-likeness (QED) is 0.718. The summed E-state index contributed by atoms with van der Waals surface area (Å²) >= 11 is 0. The minimum absolute atomic E-state index is 0.160. The van der Waals surface area contributed by atoms with Crippen LogP contribution in [0.5, 0.6) is 0 Å². The number of ether oxygens (including phenoxy) is 2. The maximum atomic E-state index is 12.8. The fraction of sp³-hybridized carbons (Fsp3) is 0.773. The van der Waals surface area contributed by atoms with Crippen molar-refractivity contribution in [1.29, 1.82) is 0 Å². The van der Waals surface area contributed by atoms with Crippen LogP contribution in [-0.2, 0) is 26.3 Å². The standard InChI is InChI=1S/C22H35N5O3/c1-16-11-27(12-17(2)30-16)21-23-10-18-13-29-15-22(20(18)24-21)7-9-26(14-22)19(28)6-5-8-25(3)4/h10,16-17H,5-9,11-15H2,1-4H3/t16-,17-,22+/m1/s1. The maximum Gasteiger partial charge on any atom is 0.225 e. The molecular weight excluding hydrogens is 382 g/mol. The van der Waals surface area contributed by atoms with Crippen LogP contribution < -0.4 is 4.90 Å². The highest BCUT2D eigenvalue weighted by molar-refractivity contribution is 5.76. The predicted molar refractivity (Wildman–Crippen MR) is 115 cm³/mol. The van der Waals surface area contributed by atoms with Crippen molar-refractivity contribution in [1.82, 2.24) is 19.8 Å². The zero-order valence-corrected chi connectivity index (χ0v) is 18.8. The minimum Gasteiger partial charge on any atom is -0.376 e. The lowest BCUT2D eigenvalue weighted by molar-refractivity contribution is -0.130. The highest BCUT2D eigenvalue weighted by Gasteiger charge is 2.46. The summed E-state index contributed by atoms with van der Waals surface area (Å²) in [6, 6.07) is 0. The molecule has 4 heterocycles. The summed E-state index contributed by atoms with van der Waals surface area (Å²) in [5.41, 5.74) is 1.92. The number of likely N-dealkylation sites (tertiary alicyclic amines) is 1. The topological polar surface area (TPSA) is 71.0 Å².